The summed E-state index contributed by atoms with van der Waals surface area (Å²) in [6, 6.07) is 16.4. The van der Waals surface area contributed by atoms with Gasteiger partial charge in [0, 0.05) is 25.6 Å². The lowest BCUT2D eigenvalue weighted by Crippen LogP contribution is -2.42. The molecule has 2 aromatic rings. The molecule has 2 fully saturated rings. The Morgan fingerprint density at radius 2 is 1.65 bits per heavy atom. The average Bonchev–Trinajstić information content (AvgIpc) is 3.45. The van der Waals surface area contributed by atoms with E-state index in [1.807, 2.05) is 31.2 Å². The molecule has 1 saturated heterocycles. The van der Waals surface area contributed by atoms with Crippen molar-refractivity contribution in [2.24, 2.45) is 17.3 Å². The Morgan fingerprint density at radius 3 is 2.24 bits per heavy atom. The van der Waals surface area contributed by atoms with Gasteiger partial charge >= 0.3 is 12.1 Å². The summed E-state index contributed by atoms with van der Waals surface area (Å²) < 4.78 is 5.61. The molecular weight excluding hydrogens is 432 g/mol. The van der Waals surface area contributed by atoms with E-state index in [1.54, 1.807) is 4.90 Å². The SMILES string of the molecule is C[C@@H]1CN(C(=O)C2(CNC(=O)OCC3c4ccccc4-c4ccccc43)CC2)C[C@H]1CC(=O)O. The highest BCUT2D eigenvalue weighted by molar-refractivity contribution is 5.86. The molecule has 0 spiro atoms. The summed E-state index contributed by atoms with van der Waals surface area (Å²) in [5, 5.41) is 11.9. The molecule has 2 N–H and O–H groups in total. The van der Waals surface area contributed by atoms with Gasteiger partial charge in [0.25, 0.3) is 0 Å². The number of rotatable bonds is 7. The van der Waals surface area contributed by atoms with Crippen molar-refractivity contribution in [1.82, 2.24) is 10.2 Å². The van der Waals surface area contributed by atoms with Crippen LogP contribution in [0.5, 0.6) is 0 Å². The van der Waals surface area contributed by atoms with Crippen LogP contribution < -0.4 is 5.32 Å². The Hall–Kier alpha value is -3.35. The maximum Gasteiger partial charge on any atom is 0.407 e. The minimum Gasteiger partial charge on any atom is -0.481 e. The lowest BCUT2D eigenvalue weighted by Gasteiger charge is -2.23. The molecule has 7 nitrogen and oxygen atoms in total. The molecule has 1 saturated carbocycles. The van der Waals surface area contributed by atoms with Crippen LogP contribution in [0.3, 0.4) is 0 Å². The average molecular weight is 463 g/mol. The molecule has 3 aliphatic rings. The predicted octanol–water partition coefficient (Wildman–Crippen LogP) is 3.87. The summed E-state index contributed by atoms with van der Waals surface area (Å²) in [5.74, 6) is -0.680. The number of nitrogens with zero attached hydrogens (tertiary/aromatic N) is 1. The third-order valence-electron chi connectivity index (χ3n) is 7.71. The highest BCUT2D eigenvalue weighted by Gasteiger charge is 2.53. The second-order valence-corrected chi connectivity index (χ2v) is 10.0. The highest BCUT2D eigenvalue weighted by atomic mass is 16.5. The Labute approximate surface area is 199 Å². The fraction of sp³-hybridized carbons (Fsp3) is 0.444. The van der Waals surface area contributed by atoms with Crippen LogP contribution in [0.4, 0.5) is 4.79 Å². The topological polar surface area (TPSA) is 95.9 Å². The van der Waals surface area contributed by atoms with Crippen molar-refractivity contribution in [3.63, 3.8) is 0 Å². The monoisotopic (exact) mass is 462 g/mol. The summed E-state index contributed by atoms with van der Waals surface area (Å²) >= 11 is 0. The maximum atomic E-state index is 13.1. The number of likely N-dealkylation sites (tertiary alicyclic amines) is 1. The normalized spacial score (nSPS) is 22.1. The van der Waals surface area contributed by atoms with E-state index in [0.29, 0.717) is 13.1 Å². The number of amides is 2. The Balaban J connectivity index is 1.16. The zero-order valence-electron chi connectivity index (χ0n) is 19.3. The van der Waals surface area contributed by atoms with Gasteiger partial charge in [-0.3, -0.25) is 9.59 Å². The van der Waals surface area contributed by atoms with Crippen molar-refractivity contribution in [2.45, 2.75) is 32.1 Å². The summed E-state index contributed by atoms with van der Waals surface area (Å²) in [6.07, 6.45) is 1.02. The number of hydrogen-bond acceptors (Lipinski definition) is 4. The standard InChI is InChI=1S/C27H30N2O5/c1-17-13-29(14-18(17)12-24(30)31)25(32)27(10-11-27)16-28-26(33)34-15-23-21-8-4-2-6-19(21)20-7-3-5-9-22(20)23/h2-9,17-18,23H,10-16H2,1H3,(H,28,33)(H,30,31)/t17-,18-/m1/s1. The van der Waals surface area contributed by atoms with Gasteiger partial charge in [0.1, 0.15) is 6.61 Å². The molecule has 0 unspecified atom stereocenters. The molecular formula is C27H30N2O5. The van der Waals surface area contributed by atoms with Crippen molar-refractivity contribution in [3.8, 4) is 11.1 Å². The van der Waals surface area contributed by atoms with E-state index in [-0.39, 0.29) is 43.2 Å². The van der Waals surface area contributed by atoms with Crippen LogP contribution in [0, 0.1) is 17.3 Å². The van der Waals surface area contributed by atoms with Gasteiger partial charge in [0.05, 0.1) is 11.8 Å². The van der Waals surface area contributed by atoms with Crippen LogP contribution in [0.2, 0.25) is 0 Å². The van der Waals surface area contributed by atoms with E-state index in [1.165, 1.54) is 11.1 Å². The number of carbonyl (C=O) groups excluding carboxylic acids is 2. The minimum atomic E-state index is -0.829. The second kappa shape index (κ2) is 8.78. The zero-order chi connectivity index (χ0) is 23.9. The van der Waals surface area contributed by atoms with Crippen molar-refractivity contribution in [1.29, 1.82) is 0 Å². The van der Waals surface area contributed by atoms with E-state index in [4.69, 9.17) is 9.84 Å². The largest absolute Gasteiger partial charge is 0.481 e. The number of hydrogen-bond donors (Lipinski definition) is 2. The first kappa shape index (κ1) is 22.4. The number of alkyl carbamates (subject to hydrolysis) is 1. The third-order valence-corrected chi connectivity index (χ3v) is 7.71. The highest BCUT2D eigenvalue weighted by Crippen LogP contribution is 2.48. The van der Waals surface area contributed by atoms with Gasteiger partial charge in [0.2, 0.25) is 5.91 Å². The van der Waals surface area contributed by atoms with Gasteiger partial charge in [-0.05, 0) is 46.9 Å². The third kappa shape index (κ3) is 4.15. The first-order valence-corrected chi connectivity index (χ1v) is 12.0. The number of aliphatic carboxylic acids is 1. The van der Waals surface area contributed by atoms with E-state index in [9.17, 15) is 14.4 Å². The molecule has 178 valence electrons. The Morgan fingerprint density at radius 1 is 1.03 bits per heavy atom. The second-order valence-electron chi connectivity index (χ2n) is 10.0. The van der Waals surface area contributed by atoms with Gasteiger partial charge in [0.15, 0.2) is 0 Å². The first-order chi connectivity index (χ1) is 16.4. The minimum absolute atomic E-state index is 0.00748. The number of carboxylic acid groups (broad SMARTS) is 1. The number of ether oxygens (including phenoxy) is 1. The van der Waals surface area contributed by atoms with Crippen molar-refractivity contribution in [3.05, 3.63) is 59.7 Å². The van der Waals surface area contributed by atoms with E-state index >= 15 is 0 Å². The number of nitrogens with one attached hydrogen (secondary N) is 1. The number of carboxylic acids is 1. The molecule has 5 rings (SSSR count). The summed E-state index contributed by atoms with van der Waals surface area (Å²) in [6.45, 7) is 3.52. The van der Waals surface area contributed by atoms with Crippen molar-refractivity contribution < 1.29 is 24.2 Å². The van der Waals surface area contributed by atoms with Crippen LogP contribution in [0.15, 0.2) is 48.5 Å². The number of carbonyl (C=O) groups is 3. The smallest absolute Gasteiger partial charge is 0.407 e. The molecule has 7 heteroatoms. The van der Waals surface area contributed by atoms with E-state index in [0.717, 1.165) is 24.0 Å². The van der Waals surface area contributed by atoms with Crippen LogP contribution in [0.1, 0.15) is 43.2 Å². The van der Waals surface area contributed by atoms with Gasteiger partial charge in [-0.25, -0.2) is 4.79 Å². The molecule has 0 bridgehead atoms. The molecule has 2 aliphatic carbocycles. The molecule has 1 heterocycles. The number of fused-ring (bicyclic) bond motifs is 3. The molecule has 0 radical (unpaired) electrons. The quantitative estimate of drug-likeness (QED) is 0.651. The molecule has 2 atom stereocenters. The molecule has 2 aromatic carbocycles. The number of benzene rings is 2. The molecule has 34 heavy (non-hydrogen) atoms. The summed E-state index contributed by atoms with van der Waals surface area (Å²) in [7, 11) is 0. The summed E-state index contributed by atoms with van der Waals surface area (Å²) in [4.78, 5) is 38.6. The zero-order valence-corrected chi connectivity index (χ0v) is 19.3. The van der Waals surface area contributed by atoms with Crippen molar-refractivity contribution in [2.75, 3.05) is 26.2 Å². The first-order valence-electron chi connectivity index (χ1n) is 12.0. The molecule has 0 aromatic heterocycles. The van der Waals surface area contributed by atoms with Gasteiger partial charge in [-0.2, -0.15) is 0 Å². The van der Waals surface area contributed by atoms with Crippen LogP contribution in [0.25, 0.3) is 11.1 Å². The van der Waals surface area contributed by atoms with E-state index in [2.05, 4.69) is 29.6 Å². The maximum absolute atomic E-state index is 13.1. The Bertz CT molecular complexity index is 1080. The van der Waals surface area contributed by atoms with Gasteiger partial charge in [-0.15, -0.1) is 0 Å². The van der Waals surface area contributed by atoms with Crippen LogP contribution >= 0.6 is 0 Å². The fourth-order valence-corrected chi connectivity index (χ4v) is 5.53. The lowest BCUT2D eigenvalue weighted by molar-refractivity contribution is -0.139. The predicted molar refractivity (Wildman–Crippen MR) is 126 cm³/mol. The molecule has 1 aliphatic heterocycles. The Kier molecular flexibility index (Phi) is 5.80. The molecule has 2 amide bonds. The lowest BCUT2D eigenvalue weighted by atomic mass is 9.95. The van der Waals surface area contributed by atoms with Gasteiger partial charge in [-0.1, -0.05) is 55.5 Å². The van der Waals surface area contributed by atoms with Crippen LogP contribution in [-0.2, 0) is 14.3 Å². The van der Waals surface area contributed by atoms with Gasteiger partial charge < -0.3 is 20.1 Å². The van der Waals surface area contributed by atoms with Crippen molar-refractivity contribution >= 4 is 18.0 Å². The van der Waals surface area contributed by atoms with Crippen LogP contribution in [-0.4, -0.2) is 54.2 Å². The fourth-order valence-electron chi connectivity index (χ4n) is 5.53. The van der Waals surface area contributed by atoms with E-state index < -0.39 is 17.5 Å². The summed E-state index contributed by atoms with van der Waals surface area (Å²) in [5.41, 5.74) is 4.09.